The van der Waals surface area contributed by atoms with E-state index in [9.17, 15) is 9.18 Å². The van der Waals surface area contributed by atoms with Crippen LogP contribution in [0, 0.1) is 5.95 Å². The van der Waals surface area contributed by atoms with E-state index in [1.807, 2.05) is 6.07 Å². The molecule has 5 nitrogen and oxygen atoms in total. The van der Waals surface area contributed by atoms with Crippen LogP contribution in [0.25, 0.3) is 0 Å². The fraction of sp³-hybridized carbons (Fsp3) is 0.286. The highest BCUT2D eigenvalue weighted by atomic mass is 19.1. The summed E-state index contributed by atoms with van der Waals surface area (Å²) in [6.07, 6.45) is 2.24. The van der Waals surface area contributed by atoms with Gasteiger partial charge >= 0.3 is 0 Å². The number of hydrogen-bond acceptors (Lipinski definition) is 4. The number of nitrogens with one attached hydrogen (secondary N) is 1. The van der Waals surface area contributed by atoms with Crippen molar-refractivity contribution < 1.29 is 18.3 Å². The van der Waals surface area contributed by atoms with Crippen molar-refractivity contribution in [2.45, 2.75) is 13.0 Å². The van der Waals surface area contributed by atoms with Crippen LogP contribution in [0.4, 0.5) is 4.39 Å². The Morgan fingerprint density at radius 3 is 3.00 bits per heavy atom. The average molecular weight is 278 g/mol. The maximum absolute atomic E-state index is 12.8. The molecule has 0 aliphatic rings. The van der Waals surface area contributed by atoms with Crippen molar-refractivity contribution in [3.05, 3.63) is 54.0 Å². The smallest absolute Gasteiger partial charge is 0.269 e. The number of rotatable bonds is 7. The third kappa shape index (κ3) is 4.47. The van der Waals surface area contributed by atoms with Gasteiger partial charge in [0.1, 0.15) is 18.1 Å². The summed E-state index contributed by atoms with van der Waals surface area (Å²) in [5.74, 6) is -0.298. The zero-order valence-electron chi connectivity index (χ0n) is 10.8. The lowest BCUT2D eigenvalue weighted by atomic mass is 10.3. The van der Waals surface area contributed by atoms with Gasteiger partial charge < -0.3 is 14.5 Å². The zero-order chi connectivity index (χ0) is 14.2. The molecule has 0 radical (unpaired) electrons. The minimum atomic E-state index is -0.667. The normalized spacial score (nSPS) is 10.4. The fourth-order valence-corrected chi connectivity index (χ4v) is 1.57. The first kappa shape index (κ1) is 14.2. The topological polar surface area (TPSA) is 64.4 Å². The van der Waals surface area contributed by atoms with Crippen LogP contribution in [0.15, 0.2) is 41.0 Å². The fourth-order valence-electron chi connectivity index (χ4n) is 1.57. The Labute approximate surface area is 115 Å². The van der Waals surface area contributed by atoms with Gasteiger partial charge in [0.25, 0.3) is 5.91 Å². The van der Waals surface area contributed by atoms with Crippen molar-refractivity contribution in [3.8, 4) is 0 Å². The summed E-state index contributed by atoms with van der Waals surface area (Å²) in [6, 6.07) is 7.73. The van der Waals surface area contributed by atoms with Gasteiger partial charge in [0, 0.05) is 13.2 Å². The predicted molar refractivity (Wildman–Crippen MR) is 69.5 cm³/mol. The molecular weight excluding hydrogens is 263 g/mol. The van der Waals surface area contributed by atoms with Crippen molar-refractivity contribution in [1.29, 1.82) is 0 Å². The van der Waals surface area contributed by atoms with E-state index in [2.05, 4.69) is 10.3 Å². The van der Waals surface area contributed by atoms with Crippen LogP contribution >= 0.6 is 0 Å². The Bertz CT molecular complexity index is 543. The summed E-state index contributed by atoms with van der Waals surface area (Å²) in [5.41, 5.74) is 0.0708. The number of carbonyl (C=O) groups excluding carboxylic acids is 1. The number of pyridine rings is 1. The van der Waals surface area contributed by atoms with Crippen LogP contribution in [-0.4, -0.2) is 24.0 Å². The van der Waals surface area contributed by atoms with Crippen molar-refractivity contribution in [2.24, 2.45) is 0 Å². The third-order valence-corrected chi connectivity index (χ3v) is 2.52. The van der Waals surface area contributed by atoms with Gasteiger partial charge in [0.2, 0.25) is 5.95 Å². The molecule has 0 aliphatic carbocycles. The minimum absolute atomic E-state index is 0.0708. The summed E-state index contributed by atoms with van der Waals surface area (Å²) < 4.78 is 23.3. The summed E-state index contributed by atoms with van der Waals surface area (Å²) in [4.78, 5) is 15.1. The first-order chi connectivity index (χ1) is 9.75. The molecule has 106 valence electrons. The van der Waals surface area contributed by atoms with Crippen LogP contribution in [0.3, 0.4) is 0 Å². The Hall–Kier alpha value is -2.21. The number of hydrogen-bond donors (Lipinski definition) is 1. The molecule has 0 saturated carbocycles. The Morgan fingerprint density at radius 2 is 2.25 bits per heavy atom. The molecule has 20 heavy (non-hydrogen) atoms. The molecule has 2 heterocycles. The molecule has 0 aliphatic heterocycles. The van der Waals surface area contributed by atoms with Gasteiger partial charge in [-0.3, -0.25) is 4.79 Å². The van der Waals surface area contributed by atoms with E-state index >= 15 is 0 Å². The third-order valence-electron chi connectivity index (χ3n) is 2.52. The van der Waals surface area contributed by atoms with Crippen molar-refractivity contribution in [2.75, 3.05) is 13.2 Å². The van der Waals surface area contributed by atoms with Crippen molar-refractivity contribution in [1.82, 2.24) is 10.3 Å². The van der Waals surface area contributed by atoms with E-state index < -0.39 is 11.9 Å². The van der Waals surface area contributed by atoms with Gasteiger partial charge in [0.15, 0.2) is 0 Å². The molecule has 2 rings (SSSR count). The molecule has 1 amide bonds. The maximum Gasteiger partial charge on any atom is 0.269 e. The zero-order valence-corrected chi connectivity index (χ0v) is 10.8. The number of furan rings is 1. The summed E-state index contributed by atoms with van der Waals surface area (Å²) in [6.45, 7) is 1.35. The second-order valence-corrected chi connectivity index (χ2v) is 4.09. The summed E-state index contributed by atoms with van der Waals surface area (Å²) >= 11 is 0. The average Bonchev–Trinajstić information content (AvgIpc) is 2.95. The van der Waals surface area contributed by atoms with E-state index in [1.54, 1.807) is 12.3 Å². The lowest BCUT2D eigenvalue weighted by Gasteiger charge is -2.05. The Kier molecular flexibility index (Phi) is 5.25. The van der Waals surface area contributed by atoms with E-state index in [0.717, 1.165) is 5.76 Å². The van der Waals surface area contributed by atoms with Crippen LogP contribution < -0.4 is 5.32 Å². The van der Waals surface area contributed by atoms with Crippen LogP contribution in [0.2, 0.25) is 0 Å². The molecule has 0 atom stereocenters. The monoisotopic (exact) mass is 278 g/mol. The van der Waals surface area contributed by atoms with Gasteiger partial charge in [-0.1, -0.05) is 6.07 Å². The highest BCUT2D eigenvalue weighted by Gasteiger charge is 2.06. The maximum atomic E-state index is 12.8. The minimum Gasteiger partial charge on any atom is -0.467 e. The molecule has 0 fully saturated rings. The number of ether oxygens (including phenoxy) is 1. The number of carbonyl (C=O) groups is 1. The van der Waals surface area contributed by atoms with Crippen LogP contribution in [0.5, 0.6) is 0 Å². The highest BCUT2D eigenvalue weighted by molar-refractivity contribution is 5.92. The van der Waals surface area contributed by atoms with Crippen LogP contribution in [-0.2, 0) is 11.3 Å². The van der Waals surface area contributed by atoms with E-state index in [0.29, 0.717) is 26.2 Å². The molecule has 1 N–H and O–H groups in total. The first-order valence-corrected chi connectivity index (χ1v) is 6.26. The highest BCUT2D eigenvalue weighted by Crippen LogP contribution is 2.02. The molecule has 0 bridgehead atoms. The van der Waals surface area contributed by atoms with Gasteiger partial charge in [-0.25, -0.2) is 4.98 Å². The standard InChI is InChI=1S/C14H15FN2O3/c15-13-6-1-5-12(17-13)14(18)16-7-3-8-19-10-11-4-2-9-20-11/h1-2,4-6,9H,3,7-8,10H2,(H,16,18). The van der Waals surface area contributed by atoms with E-state index in [1.165, 1.54) is 18.2 Å². The Balaban J connectivity index is 1.60. The van der Waals surface area contributed by atoms with Gasteiger partial charge in [-0.05, 0) is 30.7 Å². The van der Waals surface area contributed by atoms with E-state index in [-0.39, 0.29) is 5.69 Å². The van der Waals surface area contributed by atoms with Gasteiger partial charge in [-0.15, -0.1) is 0 Å². The number of amides is 1. The molecule has 0 spiro atoms. The molecule has 2 aromatic rings. The van der Waals surface area contributed by atoms with Crippen molar-refractivity contribution >= 4 is 5.91 Å². The first-order valence-electron chi connectivity index (χ1n) is 6.26. The SMILES string of the molecule is O=C(NCCCOCc1ccco1)c1cccc(F)n1. The Morgan fingerprint density at radius 1 is 1.35 bits per heavy atom. The molecule has 0 saturated heterocycles. The second-order valence-electron chi connectivity index (χ2n) is 4.09. The van der Waals surface area contributed by atoms with Gasteiger partial charge in [0.05, 0.1) is 6.26 Å². The summed E-state index contributed by atoms with van der Waals surface area (Å²) in [5, 5.41) is 2.65. The number of aromatic nitrogens is 1. The molecule has 2 aromatic heterocycles. The quantitative estimate of drug-likeness (QED) is 0.622. The molecule has 0 aromatic carbocycles. The number of halogens is 1. The predicted octanol–water partition coefficient (Wildman–Crippen LogP) is 2.15. The lowest BCUT2D eigenvalue weighted by molar-refractivity contribution is 0.0912. The number of nitrogens with zero attached hydrogens (tertiary/aromatic N) is 1. The van der Waals surface area contributed by atoms with E-state index in [4.69, 9.17) is 9.15 Å². The molecule has 0 unspecified atom stereocenters. The van der Waals surface area contributed by atoms with Crippen molar-refractivity contribution in [3.63, 3.8) is 0 Å². The van der Waals surface area contributed by atoms with Crippen LogP contribution in [0.1, 0.15) is 22.7 Å². The summed E-state index contributed by atoms with van der Waals surface area (Å²) in [7, 11) is 0. The van der Waals surface area contributed by atoms with Gasteiger partial charge in [-0.2, -0.15) is 4.39 Å². The molecule has 6 heteroatoms. The second kappa shape index (κ2) is 7.40. The lowest BCUT2D eigenvalue weighted by Crippen LogP contribution is -2.26. The largest absolute Gasteiger partial charge is 0.467 e. The molecular formula is C14H15FN2O3.